The SMILES string of the molecule is CN(C)CCOC(=O)Nc1cccc(Nc2nccc(-c3nccs3)n2)c1. The normalized spacial score (nSPS) is 10.6. The predicted octanol–water partition coefficient (Wildman–Crippen LogP) is 3.45. The molecular weight excluding hydrogens is 364 g/mol. The Kier molecular flexibility index (Phi) is 6.29. The first-order valence-electron chi connectivity index (χ1n) is 8.28. The van der Waals surface area contributed by atoms with Gasteiger partial charge >= 0.3 is 6.09 Å². The number of thiazole rings is 1. The molecule has 2 N–H and O–H groups in total. The summed E-state index contributed by atoms with van der Waals surface area (Å²) in [5.41, 5.74) is 2.12. The molecule has 0 spiro atoms. The van der Waals surface area contributed by atoms with Gasteiger partial charge in [-0.1, -0.05) is 6.07 Å². The third kappa shape index (κ3) is 5.73. The molecule has 0 saturated carbocycles. The lowest BCUT2D eigenvalue weighted by Crippen LogP contribution is -2.22. The molecule has 0 saturated heterocycles. The number of amides is 1. The van der Waals surface area contributed by atoms with E-state index in [4.69, 9.17) is 4.74 Å². The molecule has 27 heavy (non-hydrogen) atoms. The van der Waals surface area contributed by atoms with Crippen LogP contribution in [0.1, 0.15) is 0 Å². The molecule has 0 fully saturated rings. The Labute approximate surface area is 161 Å². The van der Waals surface area contributed by atoms with Crippen LogP contribution in [0.5, 0.6) is 0 Å². The Hall–Kier alpha value is -3.04. The van der Waals surface area contributed by atoms with Gasteiger partial charge in [0.25, 0.3) is 0 Å². The lowest BCUT2D eigenvalue weighted by Gasteiger charge is -2.11. The third-order valence-electron chi connectivity index (χ3n) is 3.44. The summed E-state index contributed by atoms with van der Waals surface area (Å²) in [5.74, 6) is 0.452. The number of hydrogen-bond donors (Lipinski definition) is 2. The topological polar surface area (TPSA) is 92.3 Å². The molecule has 0 atom stereocenters. The number of benzene rings is 1. The lowest BCUT2D eigenvalue weighted by atomic mass is 10.3. The van der Waals surface area contributed by atoms with Gasteiger partial charge in [-0.2, -0.15) is 0 Å². The average Bonchev–Trinajstić information content (AvgIpc) is 3.16. The quantitative estimate of drug-likeness (QED) is 0.644. The number of ether oxygens (including phenoxy) is 1. The molecule has 0 aliphatic heterocycles. The van der Waals surface area contributed by atoms with Crippen LogP contribution in [0.2, 0.25) is 0 Å². The highest BCUT2D eigenvalue weighted by atomic mass is 32.1. The van der Waals surface area contributed by atoms with E-state index in [-0.39, 0.29) is 0 Å². The first-order valence-corrected chi connectivity index (χ1v) is 9.16. The van der Waals surface area contributed by atoms with E-state index in [0.29, 0.717) is 24.8 Å². The number of anilines is 3. The first-order chi connectivity index (χ1) is 13.1. The molecule has 0 aliphatic carbocycles. The largest absolute Gasteiger partial charge is 0.448 e. The van der Waals surface area contributed by atoms with Crippen molar-refractivity contribution in [2.24, 2.45) is 0 Å². The van der Waals surface area contributed by atoms with Crippen molar-refractivity contribution < 1.29 is 9.53 Å². The van der Waals surface area contributed by atoms with Crippen LogP contribution in [0.15, 0.2) is 48.1 Å². The molecule has 0 aliphatic rings. The summed E-state index contributed by atoms with van der Waals surface area (Å²) in [5, 5.41) is 8.57. The molecular formula is C18H20N6O2S. The van der Waals surface area contributed by atoms with Gasteiger partial charge in [0.15, 0.2) is 0 Å². The second kappa shape index (κ2) is 9.06. The fourth-order valence-electron chi connectivity index (χ4n) is 2.17. The fourth-order valence-corrected chi connectivity index (χ4v) is 2.77. The van der Waals surface area contributed by atoms with Gasteiger partial charge in [-0.05, 0) is 38.4 Å². The number of rotatable bonds is 7. The summed E-state index contributed by atoms with van der Waals surface area (Å²) < 4.78 is 5.13. The summed E-state index contributed by atoms with van der Waals surface area (Å²) in [6.07, 6.45) is 2.93. The highest BCUT2D eigenvalue weighted by Gasteiger charge is 2.07. The summed E-state index contributed by atoms with van der Waals surface area (Å²) in [6.45, 7) is 0.996. The number of carbonyl (C=O) groups excluding carboxylic acids is 1. The van der Waals surface area contributed by atoms with E-state index in [1.165, 1.54) is 11.3 Å². The van der Waals surface area contributed by atoms with Gasteiger partial charge in [-0.25, -0.2) is 19.7 Å². The number of nitrogens with zero attached hydrogens (tertiary/aromatic N) is 4. The molecule has 0 unspecified atom stereocenters. The Morgan fingerprint density at radius 1 is 1.19 bits per heavy atom. The number of aromatic nitrogens is 3. The maximum Gasteiger partial charge on any atom is 0.411 e. The third-order valence-corrected chi connectivity index (χ3v) is 4.24. The van der Waals surface area contributed by atoms with Gasteiger partial charge in [-0.15, -0.1) is 11.3 Å². The van der Waals surface area contributed by atoms with Crippen molar-refractivity contribution in [3.63, 3.8) is 0 Å². The van der Waals surface area contributed by atoms with E-state index < -0.39 is 6.09 Å². The van der Waals surface area contributed by atoms with E-state index in [9.17, 15) is 4.79 Å². The van der Waals surface area contributed by atoms with Gasteiger partial charge in [0, 0.05) is 35.7 Å². The summed E-state index contributed by atoms with van der Waals surface area (Å²) >= 11 is 1.51. The Bertz CT molecular complexity index is 885. The van der Waals surface area contributed by atoms with Crippen LogP contribution in [0.4, 0.5) is 22.1 Å². The summed E-state index contributed by atoms with van der Waals surface area (Å²) in [4.78, 5) is 26.7. The highest BCUT2D eigenvalue weighted by molar-refractivity contribution is 7.13. The van der Waals surface area contributed by atoms with Crippen LogP contribution < -0.4 is 10.6 Å². The van der Waals surface area contributed by atoms with Crippen molar-refractivity contribution in [2.75, 3.05) is 37.9 Å². The molecule has 0 bridgehead atoms. The fraction of sp³-hybridized carbons (Fsp3) is 0.222. The molecule has 0 radical (unpaired) electrons. The van der Waals surface area contributed by atoms with Crippen molar-refractivity contribution in [1.29, 1.82) is 0 Å². The molecule has 3 aromatic rings. The van der Waals surface area contributed by atoms with Crippen LogP contribution in [0, 0.1) is 0 Å². The lowest BCUT2D eigenvalue weighted by molar-refractivity contribution is 0.151. The second-order valence-corrected chi connectivity index (χ2v) is 6.77. The van der Waals surface area contributed by atoms with Crippen molar-refractivity contribution >= 4 is 34.8 Å². The molecule has 2 aromatic heterocycles. The maximum atomic E-state index is 11.8. The van der Waals surface area contributed by atoms with Crippen LogP contribution in [-0.4, -0.2) is 53.2 Å². The van der Waals surface area contributed by atoms with Gasteiger partial charge in [0.1, 0.15) is 17.3 Å². The zero-order valence-electron chi connectivity index (χ0n) is 15.0. The van der Waals surface area contributed by atoms with E-state index in [1.54, 1.807) is 24.5 Å². The van der Waals surface area contributed by atoms with Gasteiger partial charge in [-0.3, -0.25) is 5.32 Å². The Morgan fingerprint density at radius 2 is 2.04 bits per heavy atom. The predicted molar refractivity (Wildman–Crippen MR) is 106 cm³/mol. The highest BCUT2D eigenvalue weighted by Crippen LogP contribution is 2.22. The molecule has 3 rings (SSSR count). The number of likely N-dealkylation sites (N-methyl/N-ethyl adjacent to an activating group) is 1. The minimum Gasteiger partial charge on any atom is -0.448 e. The molecule has 9 heteroatoms. The van der Waals surface area contributed by atoms with Crippen molar-refractivity contribution in [1.82, 2.24) is 19.9 Å². The zero-order chi connectivity index (χ0) is 19.1. The first kappa shape index (κ1) is 18.7. The summed E-state index contributed by atoms with van der Waals surface area (Å²) in [6, 6.07) is 9.06. The number of carbonyl (C=O) groups is 1. The smallest absolute Gasteiger partial charge is 0.411 e. The van der Waals surface area contributed by atoms with Gasteiger partial charge < -0.3 is 15.0 Å². The van der Waals surface area contributed by atoms with Crippen molar-refractivity contribution in [3.8, 4) is 10.7 Å². The minimum absolute atomic E-state index is 0.328. The van der Waals surface area contributed by atoms with Crippen LogP contribution in [-0.2, 0) is 4.74 Å². The maximum absolute atomic E-state index is 11.8. The monoisotopic (exact) mass is 384 g/mol. The second-order valence-electron chi connectivity index (χ2n) is 5.87. The van der Waals surface area contributed by atoms with E-state index in [0.717, 1.165) is 16.4 Å². The van der Waals surface area contributed by atoms with Gasteiger partial charge in [0.05, 0.1) is 0 Å². The average molecular weight is 384 g/mol. The van der Waals surface area contributed by atoms with E-state index in [2.05, 4.69) is 25.6 Å². The number of hydrogen-bond acceptors (Lipinski definition) is 8. The molecule has 140 valence electrons. The summed E-state index contributed by atoms with van der Waals surface area (Å²) in [7, 11) is 3.84. The molecule has 2 heterocycles. The van der Waals surface area contributed by atoms with Crippen LogP contribution in [0.3, 0.4) is 0 Å². The minimum atomic E-state index is -0.490. The van der Waals surface area contributed by atoms with E-state index in [1.807, 2.05) is 42.6 Å². The van der Waals surface area contributed by atoms with Crippen LogP contribution in [0.25, 0.3) is 10.7 Å². The standard InChI is InChI=1S/C18H20N6O2S/c1-24(2)9-10-26-18(25)22-14-5-3-4-13(12-14)21-17-20-7-6-15(23-17)16-19-8-11-27-16/h3-8,11-12H,9-10H2,1-2H3,(H,22,25)(H,20,21,23). The van der Waals surface area contributed by atoms with Gasteiger partial charge in [0.2, 0.25) is 5.95 Å². The Morgan fingerprint density at radius 3 is 2.81 bits per heavy atom. The number of nitrogens with one attached hydrogen (secondary N) is 2. The van der Waals surface area contributed by atoms with E-state index >= 15 is 0 Å². The molecule has 1 aromatic carbocycles. The van der Waals surface area contributed by atoms with Crippen LogP contribution >= 0.6 is 11.3 Å². The molecule has 8 nitrogen and oxygen atoms in total. The van der Waals surface area contributed by atoms with Crippen molar-refractivity contribution in [3.05, 3.63) is 48.1 Å². The van der Waals surface area contributed by atoms with Crippen molar-refractivity contribution in [2.45, 2.75) is 0 Å². The zero-order valence-corrected chi connectivity index (χ0v) is 15.9. The Balaban J connectivity index is 1.62. The molecule has 1 amide bonds.